The molecule has 0 radical (unpaired) electrons. The van der Waals surface area contributed by atoms with Crippen molar-refractivity contribution >= 4 is 33.5 Å². The molecular formula is C8H9BrN6S. The van der Waals surface area contributed by atoms with E-state index in [1.165, 1.54) is 24.4 Å². The SMILES string of the molecule is CNc1ncnc(Sc2ncnn2C)c1Br. The molecule has 0 saturated heterocycles. The lowest BCUT2D eigenvalue weighted by Gasteiger charge is -2.05. The maximum Gasteiger partial charge on any atom is 0.192 e. The van der Waals surface area contributed by atoms with Crippen LogP contribution in [-0.2, 0) is 7.05 Å². The molecule has 0 aromatic carbocycles. The van der Waals surface area contributed by atoms with Crippen molar-refractivity contribution in [3.05, 3.63) is 17.1 Å². The summed E-state index contributed by atoms with van der Waals surface area (Å²) in [5.41, 5.74) is 0. The van der Waals surface area contributed by atoms with E-state index in [4.69, 9.17) is 0 Å². The van der Waals surface area contributed by atoms with Gasteiger partial charge in [0.2, 0.25) is 0 Å². The minimum atomic E-state index is 0.750. The van der Waals surface area contributed by atoms with E-state index in [0.29, 0.717) is 0 Å². The van der Waals surface area contributed by atoms with Crippen LogP contribution in [0.2, 0.25) is 0 Å². The van der Waals surface area contributed by atoms with Gasteiger partial charge < -0.3 is 5.32 Å². The van der Waals surface area contributed by atoms with Crippen molar-refractivity contribution in [2.24, 2.45) is 7.05 Å². The summed E-state index contributed by atoms with van der Waals surface area (Å²) in [5, 5.41) is 8.55. The molecule has 0 bridgehead atoms. The normalized spacial score (nSPS) is 10.4. The van der Waals surface area contributed by atoms with Crippen LogP contribution in [0.4, 0.5) is 5.82 Å². The predicted molar refractivity (Wildman–Crippen MR) is 64.4 cm³/mol. The second-order valence-electron chi connectivity index (χ2n) is 2.86. The topological polar surface area (TPSA) is 68.5 Å². The average molecular weight is 301 g/mol. The Balaban J connectivity index is 2.32. The Morgan fingerprint density at radius 1 is 1.31 bits per heavy atom. The highest BCUT2D eigenvalue weighted by atomic mass is 79.9. The number of halogens is 1. The fourth-order valence-corrected chi connectivity index (χ4v) is 2.45. The molecule has 0 aliphatic heterocycles. The number of nitrogens with zero attached hydrogens (tertiary/aromatic N) is 5. The third kappa shape index (κ3) is 2.17. The minimum absolute atomic E-state index is 0.750. The van der Waals surface area contributed by atoms with E-state index >= 15 is 0 Å². The summed E-state index contributed by atoms with van der Waals surface area (Å²) >= 11 is 4.87. The first-order valence-corrected chi connectivity index (χ1v) is 6.03. The van der Waals surface area contributed by atoms with Gasteiger partial charge in [0, 0.05) is 14.1 Å². The Kier molecular flexibility index (Phi) is 3.39. The number of aromatic nitrogens is 5. The zero-order valence-electron chi connectivity index (χ0n) is 8.68. The van der Waals surface area contributed by atoms with Gasteiger partial charge in [-0.1, -0.05) is 0 Å². The quantitative estimate of drug-likeness (QED) is 0.868. The number of nitrogens with one attached hydrogen (secondary N) is 1. The molecule has 0 saturated carbocycles. The lowest BCUT2D eigenvalue weighted by Crippen LogP contribution is -1.98. The fraction of sp³-hybridized carbons (Fsp3) is 0.250. The Bertz CT molecular complexity index is 499. The maximum atomic E-state index is 4.19. The van der Waals surface area contributed by atoms with E-state index in [1.807, 2.05) is 14.1 Å². The number of hydrogen-bond acceptors (Lipinski definition) is 6. The zero-order valence-corrected chi connectivity index (χ0v) is 11.1. The highest BCUT2D eigenvalue weighted by Crippen LogP contribution is 2.33. The first-order chi connectivity index (χ1) is 7.72. The monoisotopic (exact) mass is 300 g/mol. The van der Waals surface area contributed by atoms with Crippen molar-refractivity contribution in [1.82, 2.24) is 24.7 Å². The number of anilines is 1. The van der Waals surface area contributed by atoms with Gasteiger partial charge in [0.25, 0.3) is 0 Å². The second kappa shape index (κ2) is 4.79. The van der Waals surface area contributed by atoms with Crippen molar-refractivity contribution in [1.29, 1.82) is 0 Å². The van der Waals surface area contributed by atoms with Gasteiger partial charge in [0.15, 0.2) is 5.16 Å². The van der Waals surface area contributed by atoms with E-state index in [-0.39, 0.29) is 0 Å². The average Bonchev–Trinajstić information content (AvgIpc) is 2.68. The molecule has 8 heteroatoms. The Morgan fingerprint density at radius 2 is 2.12 bits per heavy atom. The van der Waals surface area contributed by atoms with Crippen LogP contribution in [0.25, 0.3) is 0 Å². The van der Waals surface area contributed by atoms with Crippen molar-refractivity contribution in [3.63, 3.8) is 0 Å². The summed E-state index contributed by atoms with van der Waals surface area (Å²) in [6, 6.07) is 0. The van der Waals surface area contributed by atoms with Gasteiger partial charge in [-0.2, -0.15) is 5.10 Å². The molecule has 1 N–H and O–H groups in total. The van der Waals surface area contributed by atoms with E-state index in [2.05, 4.69) is 41.3 Å². The summed E-state index contributed by atoms with van der Waals surface area (Å²) in [7, 11) is 3.65. The molecule has 2 aromatic heterocycles. The molecule has 84 valence electrons. The lowest BCUT2D eigenvalue weighted by atomic mass is 10.6. The zero-order chi connectivity index (χ0) is 11.5. The molecule has 16 heavy (non-hydrogen) atoms. The Labute approximate surface area is 105 Å². The molecule has 0 aliphatic rings. The third-order valence-corrected chi connectivity index (χ3v) is 3.92. The Hall–Kier alpha value is -1.15. The van der Waals surface area contributed by atoms with Crippen LogP contribution >= 0.6 is 27.7 Å². The van der Waals surface area contributed by atoms with Crippen LogP contribution < -0.4 is 5.32 Å². The summed E-state index contributed by atoms with van der Waals surface area (Å²) in [6.07, 6.45) is 3.02. The van der Waals surface area contributed by atoms with Gasteiger partial charge in [-0.05, 0) is 27.7 Å². The molecule has 0 unspecified atom stereocenters. The highest BCUT2D eigenvalue weighted by Gasteiger charge is 2.11. The first-order valence-electron chi connectivity index (χ1n) is 4.42. The number of hydrogen-bond donors (Lipinski definition) is 1. The molecule has 0 atom stereocenters. The third-order valence-electron chi connectivity index (χ3n) is 1.85. The Morgan fingerprint density at radius 3 is 2.75 bits per heavy atom. The van der Waals surface area contributed by atoms with Gasteiger partial charge >= 0.3 is 0 Å². The van der Waals surface area contributed by atoms with Gasteiger partial charge in [-0.3, -0.25) is 0 Å². The molecule has 0 spiro atoms. The van der Waals surface area contributed by atoms with Gasteiger partial charge in [0.1, 0.15) is 23.5 Å². The van der Waals surface area contributed by atoms with Gasteiger partial charge in [0.05, 0.1) is 4.47 Å². The van der Waals surface area contributed by atoms with E-state index < -0.39 is 0 Å². The van der Waals surface area contributed by atoms with Crippen LogP contribution in [0, 0.1) is 0 Å². The minimum Gasteiger partial charge on any atom is -0.372 e. The summed E-state index contributed by atoms with van der Waals surface area (Å²) in [6.45, 7) is 0. The largest absolute Gasteiger partial charge is 0.372 e. The van der Waals surface area contributed by atoms with Crippen molar-refractivity contribution in [2.45, 2.75) is 10.2 Å². The molecule has 6 nitrogen and oxygen atoms in total. The standard InChI is InChI=1S/C8H9BrN6S/c1-10-6-5(9)7(12-3-11-6)16-8-13-4-14-15(8)2/h3-4H,1-2H3,(H,10,11,12). The van der Waals surface area contributed by atoms with Crippen molar-refractivity contribution in [2.75, 3.05) is 12.4 Å². The van der Waals surface area contributed by atoms with Crippen LogP contribution in [0.5, 0.6) is 0 Å². The highest BCUT2D eigenvalue weighted by molar-refractivity contribution is 9.10. The lowest BCUT2D eigenvalue weighted by molar-refractivity contribution is 0.684. The smallest absolute Gasteiger partial charge is 0.192 e. The van der Waals surface area contributed by atoms with Crippen molar-refractivity contribution < 1.29 is 0 Å². The fourth-order valence-electron chi connectivity index (χ4n) is 1.06. The van der Waals surface area contributed by atoms with E-state index in [9.17, 15) is 0 Å². The van der Waals surface area contributed by atoms with Crippen LogP contribution in [0.15, 0.2) is 27.3 Å². The predicted octanol–water partition coefficient (Wildman–Crippen LogP) is 1.56. The number of aryl methyl sites for hydroxylation is 1. The van der Waals surface area contributed by atoms with Crippen LogP contribution in [0.1, 0.15) is 0 Å². The van der Waals surface area contributed by atoms with Crippen LogP contribution in [0.3, 0.4) is 0 Å². The second-order valence-corrected chi connectivity index (χ2v) is 4.61. The first kappa shape index (κ1) is 11.3. The van der Waals surface area contributed by atoms with Gasteiger partial charge in [-0.15, -0.1) is 0 Å². The summed E-state index contributed by atoms with van der Waals surface area (Å²) in [4.78, 5) is 12.4. The summed E-state index contributed by atoms with van der Waals surface area (Å²) in [5.74, 6) is 0.750. The summed E-state index contributed by atoms with van der Waals surface area (Å²) < 4.78 is 2.52. The molecule has 2 rings (SSSR count). The van der Waals surface area contributed by atoms with E-state index in [0.717, 1.165) is 20.5 Å². The maximum absolute atomic E-state index is 4.19. The van der Waals surface area contributed by atoms with E-state index in [1.54, 1.807) is 4.68 Å². The molecule has 0 amide bonds. The van der Waals surface area contributed by atoms with Gasteiger partial charge in [-0.25, -0.2) is 19.6 Å². The molecule has 0 fully saturated rings. The number of rotatable bonds is 3. The molecular weight excluding hydrogens is 292 g/mol. The van der Waals surface area contributed by atoms with Crippen LogP contribution in [-0.4, -0.2) is 31.8 Å². The molecule has 2 aromatic rings. The van der Waals surface area contributed by atoms with Crippen molar-refractivity contribution in [3.8, 4) is 0 Å². The molecule has 2 heterocycles. The molecule has 0 aliphatic carbocycles.